The molecule has 1 amide bonds. The van der Waals surface area contributed by atoms with Gasteiger partial charge in [0, 0.05) is 25.2 Å². The van der Waals surface area contributed by atoms with E-state index in [1.54, 1.807) is 0 Å². The standard InChI is InChI=1S/C12H27N3O/c1-6-11(13)12(16)14-7-8-15(9(2)3)10(4)5/h9-11H,6-8,13H2,1-5H3,(H,14,16)/t11-/m1/s1. The minimum Gasteiger partial charge on any atom is -0.353 e. The fourth-order valence-corrected chi connectivity index (χ4v) is 1.74. The highest BCUT2D eigenvalue weighted by Gasteiger charge is 2.14. The van der Waals surface area contributed by atoms with E-state index in [0.717, 1.165) is 6.54 Å². The molecule has 0 saturated carbocycles. The van der Waals surface area contributed by atoms with E-state index >= 15 is 0 Å². The summed E-state index contributed by atoms with van der Waals surface area (Å²) < 4.78 is 0. The first-order chi connectivity index (χ1) is 7.40. The van der Waals surface area contributed by atoms with Crippen LogP contribution >= 0.6 is 0 Å². The van der Waals surface area contributed by atoms with Gasteiger partial charge in [-0.2, -0.15) is 0 Å². The van der Waals surface area contributed by atoms with Gasteiger partial charge in [0.1, 0.15) is 0 Å². The Morgan fingerprint density at radius 1 is 1.25 bits per heavy atom. The fraction of sp³-hybridized carbons (Fsp3) is 0.917. The largest absolute Gasteiger partial charge is 0.353 e. The summed E-state index contributed by atoms with van der Waals surface area (Å²) in [7, 11) is 0. The van der Waals surface area contributed by atoms with Crippen LogP contribution in [0.3, 0.4) is 0 Å². The molecule has 0 aromatic carbocycles. The molecule has 0 unspecified atom stereocenters. The van der Waals surface area contributed by atoms with Gasteiger partial charge >= 0.3 is 0 Å². The van der Waals surface area contributed by atoms with Crippen LogP contribution in [0.5, 0.6) is 0 Å². The summed E-state index contributed by atoms with van der Waals surface area (Å²) in [6, 6.07) is 0.625. The molecule has 0 rings (SSSR count). The number of carbonyl (C=O) groups is 1. The summed E-state index contributed by atoms with van der Waals surface area (Å²) in [5.74, 6) is -0.0463. The molecule has 0 aliphatic rings. The summed E-state index contributed by atoms with van der Waals surface area (Å²) in [5.41, 5.74) is 5.63. The summed E-state index contributed by atoms with van der Waals surface area (Å²) in [6.07, 6.45) is 0.684. The normalized spacial score (nSPS) is 13.6. The van der Waals surface area contributed by atoms with Gasteiger partial charge in [0.2, 0.25) is 5.91 Å². The molecule has 0 aliphatic heterocycles. The Morgan fingerprint density at radius 3 is 2.12 bits per heavy atom. The maximum Gasteiger partial charge on any atom is 0.236 e. The van der Waals surface area contributed by atoms with Gasteiger partial charge < -0.3 is 11.1 Å². The molecule has 0 radical (unpaired) electrons. The lowest BCUT2D eigenvalue weighted by molar-refractivity contribution is -0.122. The lowest BCUT2D eigenvalue weighted by atomic mass is 10.2. The van der Waals surface area contributed by atoms with Crippen LogP contribution in [0.4, 0.5) is 0 Å². The highest BCUT2D eigenvalue weighted by molar-refractivity contribution is 5.81. The molecule has 4 nitrogen and oxygen atoms in total. The number of nitrogens with one attached hydrogen (secondary N) is 1. The molecule has 0 aliphatic carbocycles. The quantitative estimate of drug-likeness (QED) is 0.683. The first-order valence-electron chi connectivity index (χ1n) is 6.19. The van der Waals surface area contributed by atoms with Crippen molar-refractivity contribution in [1.29, 1.82) is 0 Å². The van der Waals surface area contributed by atoms with E-state index in [1.165, 1.54) is 0 Å². The van der Waals surface area contributed by atoms with E-state index in [9.17, 15) is 4.79 Å². The lowest BCUT2D eigenvalue weighted by Crippen LogP contribution is -2.46. The molecule has 0 spiro atoms. The molecular formula is C12H27N3O. The number of amides is 1. The number of carbonyl (C=O) groups excluding carboxylic acids is 1. The predicted molar refractivity (Wildman–Crippen MR) is 68.3 cm³/mol. The Kier molecular flexibility index (Phi) is 7.34. The van der Waals surface area contributed by atoms with Crippen molar-refractivity contribution in [3.63, 3.8) is 0 Å². The average Bonchev–Trinajstić information content (AvgIpc) is 2.21. The topological polar surface area (TPSA) is 58.4 Å². The Balaban J connectivity index is 3.91. The van der Waals surface area contributed by atoms with Crippen molar-refractivity contribution in [2.75, 3.05) is 13.1 Å². The zero-order valence-electron chi connectivity index (χ0n) is 11.3. The Hall–Kier alpha value is -0.610. The summed E-state index contributed by atoms with van der Waals surface area (Å²) >= 11 is 0. The molecule has 0 bridgehead atoms. The summed E-state index contributed by atoms with van der Waals surface area (Å²) in [4.78, 5) is 13.8. The maximum atomic E-state index is 11.4. The number of hydrogen-bond acceptors (Lipinski definition) is 3. The van der Waals surface area contributed by atoms with Crippen LogP contribution in [0.2, 0.25) is 0 Å². The van der Waals surface area contributed by atoms with Gasteiger partial charge in [-0.05, 0) is 34.1 Å². The number of nitrogens with two attached hydrogens (primary N) is 1. The van der Waals surface area contributed by atoms with Crippen LogP contribution in [-0.2, 0) is 4.79 Å². The smallest absolute Gasteiger partial charge is 0.236 e. The van der Waals surface area contributed by atoms with Crippen LogP contribution in [-0.4, -0.2) is 42.0 Å². The maximum absolute atomic E-state index is 11.4. The van der Waals surface area contributed by atoms with E-state index < -0.39 is 0 Å². The van der Waals surface area contributed by atoms with Crippen molar-refractivity contribution < 1.29 is 4.79 Å². The third-order valence-corrected chi connectivity index (χ3v) is 2.77. The van der Waals surface area contributed by atoms with Gasteiger partial charge in [-0.15, -0.1) is 0 Å². The summed E-state index contributed by atoms with van der Waals surface area (Å²) in [5, 5.41) is 2.87. The van der Waals surface area contributed by atoms with Crippen molar-refractivity contribution in [3.8, 4) is 0 Å². The molecule has 0 saturated heterocycles. The first-order valence-corrected chi connectivity index (χ1v) is 6.19. The molecule has 1 atom stereocenters. The number of nitrogens with zero attached hydrogens (tertiary/aromatic N) is 1. The number of hydrogen-bond donors (Lipinski definition) is 2. The SMILES string of the molecule is CC[C@@H](N)C(=O)NCCN(C(C)C)C(C)C. The molecule has 96 valence electrons. The van der Waals surface area contributed by atoms with Gasteiger partial charge in [0.05, 0.1) is 6.04 Å². The van der Waals surface area contributed by atoms with E-state index in [-0.39, 0.29) is 11.9 Å². The fourth-order valence-electron chi connectivity index (χ4n) is 1.74. The minimum atomic E-state index is -0.369. The Bertz CT molecular complexity index is 196. The van der Waals surface area contributed by atoms with Crippen LogP contribution in [0.25, 0.3) is 0 Å². The predicted octanol–water partition coefficient (Wildman–Crippen LogP) is 0.959. The molecule has 0 heterocycles. The highest BCUT2D eigenvalue weighted by atomic mass is 16.2. The van der Waals surface area contributed by atoms with Gasteiger partial charge in [0.25, 0.3) is 0 Å². The van der Waals surface area contributed by atoms with Crippen LogP contribution < -0.4 is 11.1 Å². The van der Waals surface area contributed by atoms with Crippen LogP contribution in [0, 0.1) is 0 Å². The molecule has 0 fully saturated rings. The average molecular weight is 229 g/mol. The van der Waals surface area contributed by atoms with Crippen LogP contribution in [0.15, 0.2) is 0 Å². The van der Waals surface area contributed by atoms with Gasteiger partial charge in [-0.3, -0.25) is 9.69 Å². The van der Waals surface area contributed by atoms with Crippen LogP contribution in [0.1, 0.15) is 41.0 Å². The first kappa shape index (κ1) is 15.4. The second-order valence-corrected chi connectivity index (χ2v) is 4.73. The van der Waals surface area contributed by atoms with E-state index in [4.69, 9.17) is 5.73 Å². The monoisotopic (exact) mass is 229 g/mol. The molecular weight excluding hydrogens is 202 g/mol. The van der Waals surface area contributed by atoms with E-state index in [1.807, 2.05) is 6.92 Å². The third-order valence-electron chi connectivity index (χ3n) is 2.77. The molecule has 16 heavy (non-hydrogen) atoms. The molecule has 4 heteroatoms. The van der Waals surface area contributed by atoms with E-state index in [2.05, 4.69) is 37.9 Å². The van der Waals surface area contributed by atoms with Gasteiger partial charge in [0.15, 0.2) is 0 Å². The minimum absolute atomic E-state index is 0.0463. The number of rotatable bonds is 7. The molecule has 3 N–H and O–H groups in total. The van der Waals surface area contributed by atoms with Gasteiger partial charge in [-0.1, -0.05) is 6.92 Å². The van der Waals surface area contributed by atoms with Crippen molar-refractivity contribution in [2.24, 2.45) is 5.73 Å². The summed E-state index contributed by atoms with van der Waals surface area (Å²) in [6.45, 7) is 12.1. The molecule has 0 aromatic rings. The van der Waals surface area contributed by atoms with E-state index in [0.29, 0.717) is 25.0 Å². The second kappa shape index (κ2) is 7.63. The van der Waals surface area contributed by atoms with Crippen molar-refractivity contribution >= 4 is 5.91 Å². The molecule has 0 aromatic heterocycles. The zero-order valence-corrected chi connectivity index (χ0v) is 11.3. The zero-order chi connectivity index (χ0) is 12.7. The second-order valence-electron chi connectivity index (χ2n) is 4.73. The Labute approximate surface area is 99.6 Å². The van der Waals surface area contributed by atoms with Crippen molar-refractivity contribution in [2.45, 2.75) is 59.2 Å². The van der Waals surface area contributed by atoms with Crippen molar-refractivity contribution in [3.05, 3.63) is 0 Å². The van der Waals surface area contributed by atoms with Gasteiger partial charge in [-0.25, -0.2) is 0 Å². The Morgan fingerprint density at radius 2 is 1.75 bits per heavy atom. The third kappa shape index (κ3) is 5.47. The lowest BCUT2D eigenvalue weighted by Gasteiger charge is -2.30. The van der Waals surface area contributed by atoms with Crippen molar-refractivity contribution in [1.82, 2.24) is 10.2 Å². The highest BCUT2D eigenvalue weighted by Crippen LogP contribution is 2.03.